The molecule has 1 atom stereocenters. The predicted octanol–water partition coefficient (Wildman–Crippen LogP) is 3.27. The number of anilines is 1. The standard InChI is InChI=1S/C22H23FN4O2/c1-16-15-20(27(24-16)19-5-3-2-4-6-19)25-11-13-26(14-12-25)21(22(28)29)17-7-9-18(23)10-8-17/h2-10,15,21H,11-14H2,1H3,(H,28,29). The fraction of sp³-hybridized carbons (Fsp3) is 0.273. The molecule has 29 heavy (non-hydrogen) atoms. The molecule has 1 fully saturated rings. The highest BCUT2D eigenvalue weighted by molar-refractivity contribution is 5.75. The van der Waals surface area contributed by atoms with Crippen LogP contribution in [0.2, 0.25) is 0 Å². The van der Waals surface area contributed by atoms with Gasteiger partial charge in [-0.15, -0.1) is 0 Å². The molecule has 0 amide bonds. The van der Waals surface area contributed by atoms with E-state index in [2.05, 4.69) is 16.1 Å². The Morgan fingerprint density at radius 3 is 2.31 bits per heavy atom. The number of carboxylic acids is 1. The molecule has 2 aromatic carbocycles. The zero-order valence-corrected chi connectivity index (χ0v) is 16.2. The summed E-state index contributed by atoms with van der Waals surface area (Å²) in [4.78, 5) is 16.1. The summed E-state index contributed by atoms with van der Waals surface area (Å²) < 4.78 is 15.2. The van der Waals surface area contributed by atoms with Crippen LogP contribution in [0.5, 0.6) is 0 Å². The van der Waals surface area contributed by atoms with Gasteiger partial charge in [-0.1, -0.05) is 30.3 Å². The molecule has 1 aromatic heterocycles. The Morgan fingerprint density at radius 2 is 1.69 bits per heavy atom. The Morgan fingerprint density at radius 1 is 1.03 bits per heavy atom. The lowest BCUT2D eigenvalue weighted by Gasteiger charge is -2.38. The highest BCUT2D eigenvalue weighted by Crippen LogP contribution is 2.26. The number of halogens is 1. The third-order valence-corrected chi connectivity index (χ3v) is 5.24. The maximum absolute atomic E-state index is 13.2. The molecule has 0 bridgehead atoms. The van der Waals surface area contributed by atoms with Crippen molar-refractivity contribution in [3.05, 3.63) is 77.7 Å². The van der Waals surface area contributed by atoms with Crippen molar-refractivity contribution in [3.63, 3.8) is 0 Å². The van der Waals surface area contributed by atoms with Gasteiger partial charge < -0.3 is 10.0 Å². The summed E-state index contributed by atoms with van der Waals surface area (Å²) in [6.07, 6.45) is 0. The first-order chi connectivity index (χ1) is 14.0. The quantitative estimate of drug-likeness (QED) is 0.720. The van der Waals surface area contributed by atoms with Gasteiger partial charge in [-0.2, -0.15) is 5.10 Å². The molecule has 0 radical (unpaired) electrons. The van der Waals surface area contributed by atoms with E-state index in [0.29, 0.717) is 31.7 Å². The average molecular weight is 394 g/mol. The molecule has 3 aromatic rings. The fourth-order valence-corrected chi connectivity index (χ4v) is 3.83. The van der Waals surface area contributed by atoms with Crippen LogP contribution in [0.25, 0.3) is 5.69 Å². The zero-order valence-electron chi connectivity index (χ0n) is 16.2. The Hall–Kier alpha value is -3.19. The zero-order chi connectivity index (χ0) is 20.4. The highest BCUT2D eigenvalue weighted by atomic mass is 19.1. The lowest BCUT2D eigenvalue weighted by atomic mass is 10.0. The molecule has 0 aliphatic carbocycles. The number of nitrogens with zero attached hydrogens (tertiary/aromatic N) is 4. The van der Waals surface area contributed by atoms with E-state index in [1.165, 1.54) is 12.1 Å². The van der Waals surface area contributed by atoms with Crippen molar-refractivity contribution in [1.29, 1.82) is 0 Å². The van der Waals surface area contributed by atoms with Crippen LogP contribution in [-0.2, 0) is 4.79 Å². The smallest absolute Gasteiger partial charge is 0.325 e. The minimum Gasteiger partial charge on any atom is -0.480 e. The van der Waals surface area contributed by atoms with Crippen LogP contribution in [0.3, 0.4) is 0 Å². The number of aromatic nitrogens is 2. The number of carbonyl (C=O) groups is 1. The van der Waals surface area contributed by atoms with Gasteiger partial charge in [-0.25, -0.2) is 9.07 Å². The largest absolute Gasteiger partial charge is 0.480 e. The van der Waals surface area contributed by atoms with Crippen LogP contribution in [0.4, 0.5) is 10.2 Å². The fourth-order valence-electron chi connectivity index (χ4n) is 3.83. The highest BCUT2D eigenvalue weighted by Gasteiger charge is 2.31. The van der Waals surface area contributed by atoms with Crippen LogP contribution >= 0.6 is 0 Å². The molecule has 0 spiro atoms. The Bertz CT molecular complexity index is 980. The van der Waals surface area contributed by atoms with E-state index in [4.69, 9.17) is 0 Å². The van der Waals surface area contributed by atoms with E-state index in [1.54, 1.807) is 12.1 Å². The second-order valence-corrected chi connectivity index (χ2v) is 7.21. The van der Waals surface area contributed by atoms with Gasteiger partial charge in [-0.05, 0) is 36.8 Å². The number of hydrogen-bond acceptors (Lipinski definition) is 4. The van der Waals surface area contributed by atoms with Crippen LogP contribution < -0.4 is 4.90 Å². The second-order valence-electron chi connectivity index (χ2n) is 7.21. The van der Waals surface area contributed by atoms with Crippen molar-refractivity contribution in [2.75, 3.05) is 31.1 Å². The number of para-hydroxylation sites is 1. The number of hydrogen-bond donors (Lipinski definition) is 1. The van der Waals surface area contributed by atoms with E-state index >= 15 is 0 Å². The first kappa shape index (κ1) is 19.1. The summed E-state index contributed by atoms with van der Waals surface area (Å²) in [6, 6.07) is 17.0. The van der Waals surface area contributed by atoms with E-state index < -0.39 is 12.0 Å². The number of rotatable bonds is 5. The second kappa shape index (κ2) is 8.05. The number of aliphatic carboxylic acids is 1. The maximum Gasteiger partial charge on any atom is 0.325 e. The summed E-state index contributed by atoms with van der Waals surface area (Å²) in [5.41, 5.74) is 2.52. The minimum absolute atomic E-state index is 0.368. The molecule has 1 N–H and O–H groups in total. The van der Waals surface area contributed by atoms with E-state index in [1.807, 2.05) is 46.8 Å². The first-order valence-corrected chi connectivity index (χ1v) is 9.62. The van der Waals surface area contributed by atoms with Crippen molar-refractivity contribution in [1.82, 2.24) is 14.7 Å². The molecule has 0 saturated carbocycles. The van der Waals surface area contributed by atoms with Gasteiger partial charge in [0.05, 0.1) is 11.4 Å². The molecule has 1 aliphatic heterocycles. The molecular formula is C22H23FN4O2. The number of aryl methyl sites for hydroxylation is 1. The molecule has 1 saturated heterocycles. The van der Waals surface area contributed by atoms with E-state index in [9.17, 15) is 14.3 Å². The van der Waals surface area contributed by atoms with Gasteiger partial charge in [0.1, 0.15) is 17.7 Å². The third-order valence-electron chi connectivity index (χ3n) is 5.24. The summed E-state index contributed by atoms with van der Waals surface area (Å²) in [5, 5.41) is 14.4. The van der Waals surface area contributed by atoms with Gasteiger partial charge in [0.25, 0.3) is 0 Å². The first-order valence-electron chi connectivity index (χ1n) is 9.62. The Labute approximate surface area is 168 Å². The molecule has 4 rings (SSSR count). The monoisotopic (exact) mass is 394 g/mol. The number of carboxylic acid groups (broad SMARTS) is 1. The van der Waals surface area contributed by atoms with E-state index in [-0.39, 0.29) is 5.82 Å². The normalized spacial score (nSPS) is 16.0. The number of benzene rings is 2. The van der Waals surface area contributed by atoms with Crippen LogP contribution in [-0.4, -0.2) is 51.9 Å². The number of piperazine rings is 1. The molecule has 1 unspecified atom stereocenters. The van der Waals surface area contributed by atoms with Gasteiger partial charge in [0, 0.05) is 32.2 Å². The molecule has 7 heteroatoms. The maximum atomic E-state index is 13.2. The Balaban J connectivity index is 1.52. The van der Waals surface area contributed by atoms with Gasteiger partial charge in [0.15, 0.2) is 0 Å². The van der Waals surface area contributed by atoms with Crippen molar-refractivity contribution in [2.45, 2.75) is 13.0 Å². The molecular weight excluding hydrogens is 371 g/mol. The molecule has 2 heterocycles. The van der Waals surface area contributed by atoms with Gasteiger partial charge in [0.2, 0.25) is 0 Å². The van der Waals surface area contributed by atoms with Crippen LogP contribution in [0.1, 0.15) is 17.3 Å². The SMILES string of the molecule is Cc1cc(N2CCN(C(C(=O)O)c3ccc(F)cc3)CC2)n(-c2ccccc2)n1. The summed E-state index contributed by atoms with van der Waals surface area (Å²) in [7, 11) is 0. The lowest BCUT2D eigenvalue weighted by molar-refractivity contribution is -0.143. The molecule has 1 aliphatic rings. The minimum atomic E-state index is -0.921. The summed E-state index contributed by atoms with van der Waals surface area (Å²) in [6.45, 7) is 4.51. The third kappa shape index (κ3) is 4.00. The van der Waals surface area contributed by atoms with Gasteiger partial charge in [-0.3, -0.25) is 9.69 Å². The van der Waals surface area contributed by atoms with Crippen LogP contribution in [0, 0.1) is 12.7 Å². The van der Waals surface area contributed by atoms with Crippen molar-refractivity contribution in [3.8, 4) is 5.69 Å². The Kier molecular flexibility index (Phi) is 5.31. The predicted molar refractivity (Wildman–Crippen MR) is 109 cm³/mol. The van der Waals surface area contributed by atoms with Crippen LogP contribution in [0.15, 0.2) is 60.7 Å². The van der Waals surface area contributed by atoms with E-state index in [0.717, 1.165) is 17.2 Å². The van der Waals surface area contributed by atoms with Gasteiger partial charge >= 0.3 is 5.97 Å². The topological polar surface area (TPSA) is 61.6 Å². The summed E-state index contributed by atoms with van der Waals surface area (Å²) >= 11 is 0. The molecule has 150 valence electrons. The average Bonchev–Trinajstić information content (AvgIpc) is 3.12. The molecule has 6 nitrogen and oxygen atoms in total. The van der Waals surface area contributed by atoms with Crippen molar-refractivity contribution in [2.24, 2.45) is 0 Å². The van der Waals surface area contributed by atoms with Crippen molar-refractivity contribution >= 4 is 11.8 Å². The summed E-state index contributed by atoms with van der Waals surface area (Å²) in [5.74, 6) is -0.288. The van der Waals surface area contributed by atoms with Crippen molar-refractivity contribution < 1.29 is 14.3 Å². The lowest BCUT2D eigenvalue weighted by Crippen LogP contribution is -2.49.